The van der Waals surface area contributed by atoms with Gasteiger partial charge in [0.2, 0.25) is 0 Å². The predicted octanol–water partition coefficient (Wildman–Crippen LogP) is 4.10. The van der Waals surface area contributed by atoms with E-state index in [1.807, 2.05) is 11.8 Å². The van der Waals surface area contributed by atoms with Gasteiger partial charge < -0.3 is 10.6 Å². The lowest BCUT2D eigenvalue weighted by atomic mass is 10.1. The fourth-order valence-corrected chi connectivity index (χ4v) is 3.53. The lowest BCUT2D eigenvalue weighted by Gasteiger charge is -2.14. The number of guanidine groups is 1. The van der Waals surface area contributed by atoms with Gasteiger partial charge in [-0.15, -0.1) is 24.0 Å². The van der Waals surface area contributed by atoms with Gasteiger partial charge in [0.05, 0.1) is 6.54 Å². The van der Waals surface area contributed by atoms with Crippen molar-refractivity contribution in [3.8, 4) is 0 Å². The first-order valence-electron chi connectivity index (χ1n) is 9.63. The summed E-state index contributed by atoms with van der Waals surface area (Å²) in [6, 6.07) is 8.95. The molecule has 0 bridgehead atoms. The number of thioether (sulfide) groups is 1. The molecule has 1 saturated heterocycles. The van der Waals surface area contributed by atoms with E-state index in [1.54, 1.807) is 0 Å². The van der Waals surface area contributed by atoms with Gasteiger partial charge in [0.25, 0.3) is 0 Å². The number of unbranched alkanes of at least 4 members (excludes halogenated alkanes) is 1. The Labute approximate surface area is 181 Å². The highest BCUT2D eigenvalue weighted by Crippen LogP contribution is 2.13. The summed E-state index contributed by atoms with van der Waals surface area (Å²) < 4.78 is 0. The number of halogens is 1. The number of benzene rings is 1. The van der Waals surface area contributed by atoms with Crippen LogP contribution in [-0.2, 0) is 13.1 Å². The van der Waals surface area contributed by atoms with Crippen LogP contribution < -0.4 is 10.6 Å². The molecule has 0 spiro atoms. The largest absolute Gasteiger partial charge is 0.357 e. The maximum Gasteiger partial charge on any atom is 0.191 e. The van der Waals surface area contributed by atoms with Crippen molar-refractivity contribution < 1.29 is 0 Å². The molecule has 2 N–H and O–H groups in total. The highest BCUT2D eigenvalue weighted by molar-refractivity contribution is 14.0. The van der Waals surface area contributed by atoms with Gasteiger partial charge in [-0.1, -0.05) is 24.3 Å². The van der Waals surface area contributed by atoms with Crippen LogP contribution in [-0.4, -0.2) is 49.0 Å². The first kappa shape index (κ1) is 23.6. The average Bonchev–Trinajstić information content (AvgIpc) is 3.13. The third-order valence-corrected chi connectivity index (χ3v) is 5.16. The van der Waals surface area contributed by atoms with Gasteiger partial charge in [-0.2, -0.15) is 11.8 Å². The van der Waals surface area contributed by atoms with Gasteiger partial charge in [-0.3, -0.25) is 4.90 Å². The summed E-state index contributed by atoms with van der Waals surface area (Å²) in [5.41, 5.74) is 2.68. The first-order chi connectivity index (χ1) is 12.3. The van der Waals surface area contributed by atoms with E-state index in [-0.39, 0.29) is 24.0 Å². The zero-order valence-electron chi connectivity index (χ0n) is 16.3. The van der Waals surface area contributed by atoms with E-state index < -0.39 is 0 Å². The second-order valence-corrected chi connectivity index (χ2v) is 7.61. The van der Waals surface area contributed by atoms with Crippen LogP contribution in [0.25, 0.3) is 0 Å². The van der Waals surface area contributed by atoms with Gasteiger partial charge in [-0.25, -0.2) is 4.99 Å². The third kappa shape index (κ3) is 9.46. The minimum atomic E-state index is 0. The Morgan fingerprint density at radius 3 is 2.42 bits per heavy atom. The summed E-state index contributed by atoms with van der Waals surface area (Å²) >= 11 is 1.91. The molecule has 1 aromatic rings. The lowest BCUT2D eigenvalue weighted by molar-refractivity contribution is 0.331. The Kier molecular flexibility index (Phi) is 13.2. The highest BCUT2D eigenvalue weighted by atomic mass is 127. The van der Waals surface area contributed by atoms with Crippen molar-refractivity contribution in [1.82, 2.24) is 15.5 Å². The van der Waals surface area contributed by atoms with Gasteiger partial charge >= 0.3 is 0 Å². The Morgan fingerprint density at radius 2 is 1.77 bits per heavy atom. The Hall–Kier alpha value is -0.470. The normalized spacial score (nSPS) is 14.9. The van der Waals surface area contributed by atoms with Crippen molar-refractivity contribution >= 4 is 41.7 Å². The summed E-state index contributed by atoms with van der Waals surface area (Å²) in [7, 11) is 0. The van der Waals surface area contributed by atoms with E-state index in [0.29, 0.717) is 0 Å². The van der Waals surface area contributed by atoms with E-state index in [1.165, 1.54) is 55.7 Å². The maximum atomic E-state index is 4.71. The molecule has 26 heavy (non-hydrogen) atoms. The van der Waals surface area contributed by atoms with Crippen LogP contribution in [0.15, 0.2) is 29.3 Å². The number of hydrogen-bond donors (Lipinski definition) is 2. The molecular weight excluding hydrogens is 455 g/mol. The van der Waals surface area contributed by atoms with E-state index >= 15 is 0 Å². The van der Waals surface area contributed by atoms with Gasteiger partial charge in [0, 0.05) is 19.6 Å². The summed E-state index contributed by atoms with van der Waals surface area (Å²) in [6.45, 7) is 8.31. The number of hydrogen-bond acceptors (Lipinski definition) is 3. The Morgan fingerprint density at radius 1 is 1.08 bits per heavy atom. The Balaban J connectivity index is 0.00000338. The second-order valence-electron chi connectivity index (χ2n) is 6.62. The standard InChI is InChI=1S/C20H34N4S.HI/c1-3-21-20(22-12-4-7-15-25-2)23-16-18-8-10-19(11-9-18)17-24-13-5-6-14-24;/h8-11H,3-7,12-17H2,1-2H3,(H2,21,22,23);1H. The number of likely N-dealkylation sites (tertiary alicyclic amines) is 1. The third-order valence-electron chi connectivity index (χ3n) is 4.46. The molecule has 1 heterocycles. The minimum absolute atomic E-state index is 0. The van der Waals surface area contributed by atoms with Crippen molar-refractivity contribution in [3.05, 3.63) is 35.4 Å². The van der Waals surface area contributed by atoms with Crippen molar-refractivity contribution in [2.24, 2.45) is 4.99 Å². The van der Waals surface area contributed by atoms with Crippen molar-refractivity contribution in [2.45, 2.75) is 45.7 Å². The molecule has 1 aliphatic heterocycles. The van der Waals surface area contributed by atoms with E-state index in [0.717, 1.165) is 32.1 Å². The fourth-order valence-electron chi connectivity index (χ4n) is 3.04. The Bertz CT molecular complexity index is 501. The summed E-state index contributed by atoms with van der Waals surface area (Å²) in [6.07, 6.45) is 7.31. The lowest BCUT2D eigenvalue weighted by Crippen LogP contribution is -2.37. The number of aliphatic imine (C=N–C) groups is 1. The zero-order valence-corrected chi connectivity index (χ0v) is 19.4. The van der Waals surface area contributed by atoms with Crippen molar-refractivity contribution in [3.63, 3.8) is 0 Å². The van der Waals surface area contributed by atoms with Crippen molar-refractivity contribution in [1.29, 1.82) is 0 Å². The summed E-state index contributed by atoms with van der Waals surface area (Å²) in [5, 5.41) is 6.76. The molecule has 1 aromatic carbocycles. The molecule has 148 valence electrons. The topological polar surface area (TPSA) is 39.7 Å². The molecule has 0 atom stereocenters. The van der Waals surface area contributed by atoms with E-state index in [9.17, 15) is 0 Å². The van der Waals surface area contributed by atoms with Gasteiger partial charge in [0.15, 0.2) is 5.96 Å². The smallest absolute Gasteiger partial charge is 0.191 e. The first-order valence-corrected chi connectivity index (χ1v) is 11.0. The molecule has 0 saturated carbocycles. The van der Waals surface area contributed by atoms with E-state index in [2.05, 4.69) is 53.0 Å². The molecule has 4 nitrogen and oxygen atoms in total. The van der Waals surface area contributed by atoms with Crippen LogP contribution in [0.5, 0.6) is 0 Å². The molecule has 0 aromatic heterocycles. The molecule has 0 amide bonds. The van der Waals surface area contributed by atoms with E-state index in [4.69, 9.17) is 4.99 Å². The van der Waals surface area contributed by atoms with Crippen LogP contribution in [0.3, 0.4) is 0 Å². The minimum Gasteiger partial charge on any atom is -0.357 e. The van der Waals surface area contributed by atoms with Crippen LogP contribution in [0.1, 0.15) is 43.7 Å². The molecule has 1 fully saturated rings. The predicted molar refractivity (Wildman–Crippen MR) is 127 cm³/mol. The SMILES string of the molecule is CCNC(=NCc1ccc(CN2CCCC2)cc1)NCCCCSC.I. The molecule has 6 heteroatoms. The van der Waals surface area contributed by atoms with Crippen LogP contribution in [0.4, 0.5) is 0 Å². The summed E-state index contributed by atoms with van der Waals surface area (Å²) in [5.74, 6) is 2.16. The monoisotopic (exact) mass is 490 g/mol. The van der Waals surface area contributed by atoms with Crippen LogP contribution >= 0.6 is 35.7 Å². The zero-order chi connectivity index (χ0) is 17.7. The molecule has 0 aliphatic carbocycles. The fraction of sp³-hybridized carbons (Fsp3) is 0.650. The molecule has 1 aliphatic rings. The quantitative estimate of drug-likeness (QED) is 0.224. The van der Waals surface area contributed by atoms with Gasteiger partial charge in [0.1, 0.15) is 0 Å². The average molecular weight is 490 g/mol. The van der Waals surface area contributed by atoms with Crippen LogP contribution in [0, 0.1) is 0 Å². The molecular formula is C20H35IN4S. The number of nitrogens with one attached hydrogen (secondary N) is 2. The highest BCUT2D eigenvalue weighted by Gasteiger charge is 2.11. The number of nitrogens with zero attached hydrogens (tertiary/aromatic N) is 2. The van der Waals surface area contributed by atoms with Crippen molar-refractivity contribution in [2.75, 3.05) is 38.2 Å². The number of rotatable bonds is 10. The molecule has 0 radical (unpaired) electrons. The molecule has 2 rings (SSSR count). The van der Waals surface area contributed by atoms with Crippen LogP contribution in [0.2, 0.25) is 0 Å². The second kappa shape index (κ2) is 14.6. The van der Waals surface area contributed by atoms with Gasteiger partial charge in [-0.05, 0) is 68.8 Å². The summed E-state index contributed by atoms with van der Waals surface area (Å²) in [4.78, 5) is 7.25. The maximum absolute atomic E-state index is 4.71. The molecule has 0 unspecified atom stereocenters.